The molecule has 0 unspecified atom stereocenters. The van der Waals surface area contributed by atoms with E-state index in [9.17, 15) is 0 Å². The van der Waals surface area contributed by atoms with Gasteiger partial charge in [-0.15, -0.1) is 0 Å². The van der Waals surface area contributed by atoms with E-state index in [1.165, 1.54) is 126 Å². The van der Waals surface area contributed by atoms with E-state index in [0.717, 1.165) is 0 Å². The predicted molar refractivity (Wildman–Crippen MR) is 262 cm³/mol. The molecule has 1 heterocycles. The Morgan fingerprint density at radius 1 is 0.213 bits per heavy atom. The lowest BCUT2D eigenvalue weighted by Gasteiger charge is -2.18. The van der Waals surface area contributed by atoms with Gasteiger partial charge < -0.3 is 4.57 Å². The van der Waals surface area contributed by atoms with Crippen LogP contribution in [0.3, 0.4) is 0 Å². The number of benzene rings is 12. The molecule has 0 bridgehead atoms. The van der Waals surface area contributed by atoms with E-state index in [2.05, 4.69) is 229 Å². The lowest BCUT2D eigenvalue weighted by molar-refractivity contribution is 1.20. The molecule has 0 saturated heterocycles. The molecule has 282 valence electrons. The minimum Gasteiger partial charge on any atom is -0.309 e. The summed E-state index contributed by atoms with van der Waals surface area (Å²) in [6.07, 6.45) is 0. The molecule has 1 nitrogen and oxygen atoms in total. The number of rotatable bonds is 4. The SMILES string of the molecule is c1ccc(-c2ccc3c(c2)c2cc(-c4ccccc4)ccc2n3-c2ccc(-c3ccc4c(c3)c3ccccc3c3c5ccccc5c5ccccc5c43)c3ccccc23)cc1. The molecule has 13 rings (SSSR count). The third-order valence-electron chi connectivity index (χ3n) is 13.1. The fourth-order valence-electron chi connectivity index (χ4n) is 10.4. The summed E-state index contributed by atoms with van der Waals surface area (Å²) >= 11 is 0. The maximum Gasteiger partial charge on any atom is 0.0541 e. The molecule has 0 N–H and O–H groups in total. The molecule has 12 aromatic carbocycles. The Hall–Kier alpha value is -8.00. The Balaban J connectivity index is 1.05. The van der Waals surface area contributed by atoms with Crippen molar-refractivity contribution in [2.45, 2.75) is 0 Å². The maximum absolute atomic E-state index is 2.48. The molecule has 1 heteroatoms. The van der Waals surface area contributed by atoms with Gasteiger partial charge in [0.15, 0.2) is 0 Å². The van der Waals surface area contributed by atoms with Gasteiger partial charge in [0.05, 0.1) is 16.7 Å². The standard InChI is InChI=1S/C60H37N/c1-3-15-38(16-4-1)40-28-32-57-54(35-40)55-36-41(39-17-5-2-6-18-39)29-33-58(55)61(57)56-34-31-43(44-19-7-11-23-48(44)56)42-27-30-52-53(37-42)47-22-10-14-26-51(47)59-49-24-12-8-20-45(49)46-21-9-13-25-50(46)60(52)59/h1-37H. The van der Waals surface area contributed by atoms with Crippen molar-refractivity contribution in [2.24, 2.45) is 0 Å². The summed E-state index contributed by atoms with van der Waals surface area (Å²) in [5.41, 5.74) is 10.9. The van der Waals surface area contributed by atoms with Crippen LogP contribution in [0.2, 0.25) is 0 Å². The van der Waals surface area contributed by atoms with Crippen molar-refractivity contribution in [3.8, 4) is 39.1 Å². The minimum absolute atomic E-state index is 1.18. The number of aromatic nitrogens is 1. The van der Waals surface area contributed by atoms with Crippen LogP contribution in [0.5, 0.6) is 0 Å². The van der Waals surface area contributed by atoms with Crippen LogP contribution in [0.25, 0.3) is 126 Å². The topological polar surface area (TPSA) is 4.93 Å². The minimum atomic E-state index is 1.18. The smallest absolute Gasteiger partial charge is 0.0541 e. The molecule has 13 aromatic rings. The van der Waals surface area contributed by atoms with Gasteiger partial charge >= 0.3 is 0 Å². The molecule has 0 saturated carbocycles. The average molecular weight is 772 g/mol. The van der Waals surface area contributed by atoms with Gasteiger partial charge in [0, 0.05) is 16.2 Å². The maximum atomic E-state index is 2.48. The third-order valence-corrected chi connectivity index (χ3v) is 13.1. The molecule has 0 fully saturated rings. The van der Waals surface area contributed by atoms with Crippen LogP contribution < -0.4 is 0 Å². The second-order valence-corrected chi connectivity index (χ2v) is 16.4. The second kappa shape index (κ2) is 13.3. The van der Waals surface area contributed by atoms with Crippen molar-refractivity contribution in [1.29, 1.82) is 0 Å². The van der Waals surface area contributed by atoms with Gasteiger partial charge in [0.25, 0.3) is 0 Å². The fourth-order valence-corrected chi connectivity index (χ4v) is 10.4. The molecule has 0 spiro atoms. The summed E-state index contributed by atoms with van der Waals surface area (Å²) < 4.78 is 2.48. The molecular formula is C60H37N. The van der Waals surface area contributed by atoms with E-state index in [-0.39, 0.29) is 0 Å². The van der Waals surface area contributed by atoms with E-state index in [0.29, 0.717) is 0 Å². The van der Waals surface area contributed by atoms with Gasteiger partial charge in [-0.3, -0.25) is 0 Å². The zero-order chi connectivity index (χ0) is 40.0. The zero-order valence-corrected chi connectivity index (χ0v) is 33.3. The van der Waals surface area contributed by atoms with Crippen LogP contribution in [0, 0.1) is 0 Å². The largest absolute Gasteiger partial charge is 0.309 e. The summed E-state index contributed by atoms with van der Waals surface area (Å²) in [7, 11) is 0. The lowest BCUT2D eigenvalue weighted by atomic mass is 9.86. The third kappa shape index (κ3) is 5.08. The van der Waals surface area contributed by atoms with Crippen molar-refractivity contribution in [1.82, 2.24) is 4.57 Å². The Labute approximate surface area is 353 Å². The molecule has 0 amide bonds. The monoisotopic (exact) mass is 771 g/mol. The molecule has 0 atom stereocenters. The molecule has 1 aromatic heterocycles. The van der Waals surface area contributed by atoms with E-state index in [1.807, 2.05) is 0 Å². The van der Waals surface area contributed by atoms with E-state index in [4.69, 9.17) is 0 Å². The van der Waals surface area contributed by atoms with Crippen molar-refractivity contribution >= 4 is 86.4 Å². The molecule has 0 radical (unpaired) electrons. The first-order valence-corrected chi connectivity index (χ1v) is 21.2. The predicted octanol–water partition coefficient (Wildman–Crippen LogP) is 16.7. The second-order valence-electron chi connectivity index (χ2n) is 16.4. The van der Waals surface area contributed by atoms with Gasteiger partial charge in [0.1, 0.15) is 0 Å². The quantitative estimate of drug-likeness (QED) is 0.157. The van der Waals surface area contributed by atoms with Crippen molar-refractivity contribution in [2.75, 3.05) is 0 Å². The summed E-state index contributed by atoms with van der Waals surface area (Å²) in [5, 5.41) is 17.9. The highest BCUT2D eigenvalue weighted by atomic mass is 15.0. The van der Waals surface area contributed by atoms with Crippen molar-refractivity contribution in [3.05, 3.63) is 224 Å². The lowest BCUT2D eigenvalue weighted by Crippen LogP contribution is -1.96. The first-order valence-electron chi connectivity index (χ1n) is 21.2. The van der Waals surface area contributed by atoms with Crippen molar-refractivity contribution in [3.63, 3.8) is 0 Å². The van der Waals surface area contributed by atoms with E-state index < -0.39 is 0 Å². The first kappa shape index (κ1) is 33.9. The number of hydrogen-bond acceptors (Lipinski definition) is 0. The zero-order valence-electron chi connectivity index (χ0n) is 33.3. The summed E-state index contributed by atoms with van der Waals surface area (Å²) in [6, 6.07) is 83.0. The van der Waals surface area contributed by atoms with Crippen LogP contribution in [0.15, 0.2) is 224 Å². The van der Waals surface area contributed by atoms with Crippen LogP contribution in [-0.2, 0) is 0 Å². The van der Waals surface area contributed by atoms with E-state index >= 15 is 0 Å². The highest BCUT2D eigenvalue weighted by molar-refractivity contribution is 6.39. The molecule has 0 aliphatic rings. The van der Waals surface area contributed by atoms with Gasteiger partial charge in [-0.05, 0) is 129 Å². The van der Waals surface area contributed by atoms with Crippen LogP contribution in [-0.4, -0.2) is 4.57 Å². The Bertz CT molecular complexity index is 3810. The summed E-state index contributed by atoms with van der Waals surface area (Å²) in [6.45, 7) is 0. The molecule has 0 aliphatic heterocycles. The fraction of sp³-hybridized carbons (Fsp3) is 0. The van der Waals surface area contributed by atoms with Gasteiger partial charge in [-0.2, -0.15) is 0 Å². The van der Waals surface area contributed by atoms with Gasteiger partial charge in [0.2, 0.25) is 0 Å². The Morgan fingerprint density at radius 2 is 0.607 bits per heavy atom. The van der Waals surface area contributed by atoms with Gasteiger partial charge in [-0.25, -0.2) is 0 Å². The van der Waals surface area contributed by atoms with Gasteiger partial charge in [-0.1, -0.05) is 188 Å². The number of hydrogen-bond donors (Lipinski definition) is 0. The highest BCUT2D eigenvalue weighted by Gasteiger charge is 2.20. The average Bonchev–Trinajstić information content (AvgIpc) is 3.66. The Morgan fingerprint density at radius 3 is 1.13 bits per heavy atom. The Kier molecular flexibility index (Phi) is 7.37. The molecular weight excluding hydrogens is 735 g/mol. The number of nitrogens with zero attached hydrogens (tertiary/aromatic N) is 1. The molecule has 61 heavy (non-hydrogen) atoms. The molecule has 0 aliphatic carbocycles. The normalized spacial score (nSPS) is 11.9. The highest BCUT2D eigenvalue weighted by Crippen LogP contribution is 2.46. The van der Waals surface area contributed by atoms with E-state index in [1.54, 1.807) is 0 Å². The number of fused-ring (bicyclic) bond motifs is 15. The first-order chi connectivity index (χ1) is 30.3. The summed E-state index contributed by atoms with van der Waals surface area (Å²) in [4.78, 5) is 0. The van der Waals surface area contributed by atoms with Crippen LogP contribution in [0.4, 0.5) is 0 Å². The van der Waals surface area contributed by atoms with Crippen LogP contribution in [0.1, 0.15) is 0 Å². The van der Waals surface area contributed by atoms with Crippen molar-refractivity contribution < 1.29 is 0 Å². The van der Waals surface area contributed by atoms with Crippen LogP contribution >= 0.6 is 0 Å². The summed E-state index contributed by atoms with van der Waals surface area (Å²) in [5.74, 6) is 0.